The molecule has 1 fully saturated rings. The molecule has 0 aromatic heterocycles. The zero-order valence-corrected chi connectivity index (χ0v) is 16.1. The summed E-state index contributed by atoms with van der Waals surface area (Å²) in [7, 11) is 2.20. The van der Waals surface area contributed by atoms with Crippen molar-refractivity contribution in [2.24, 2.45) is 0 Å². The molecule has 0 radical (unpaired) electrons. The van der Waals surface area contributed by atoms with E-state index in [9.17, 15) is 0 Å². The second-order valence-electron chi connectivity index (χ2n) is 6.86. The molecule has 2 aromatic carbocycles. The molecule has 2 N–H and O–H groups in total. The number of carboxylic acids is 2. The molecule has 1 atom stereocenters. The van der Waals surface area contributed by atoms with Crippen LogP contribution in [0, 0.1) is 0 Å². The number of piperidine rings is 1. The highest BCUT2D eigenvalue weighted by molar-refractivity contribution is 6.27. The van der Waals surface area contributed by atoms with E-state index in [0.29, 0.717) is 6.04 Å². The molecule has 150 valence electrons. The van der Waals surface area contributed by atoms with Crippen molar-refractivity contribution in [1.29, 1.82) is 0 Å². The van der Waals surface area contributed by atoms with Crippen LogP contribution in [0.25, 0.3) is 0 Å². The third kappa shape index (κ3) is 7.40. The predicted octanol–water partition coefficient (Wildman–Crippen LogP) is 3.30. The highest BCUT2D eigenvalue weighted by atomic mass is 16.5. The van der Waals surface area contributed by atoms with E-state index in [1.807, 2.05) is 0 Å². The lowest BCUT2D eigenvalue weighted by molar-refractivity contribution is -0.159. The van der Waals surface area contributed by atoms with Crippen molar-refractivity contribution in [3.8, 4) is 5.75 Å². The van der Waals surface area contributed by atoms with Crippen molar-refractivity contribution in [1.82, 2.24) is 4.90 Å². The first kappa shape index (κ1) is 21.4. The van der Waals surface area contributed by atoms with Crippen LogP contribution in [0.1, 0.15) is 30.4 Å². The Hall–Kier alpha value is -2.86. The fourth-order valence-corrected chi connectivity index (χ4v) is 3.08. The van der Waals surface area contributed by atoms with E-state index in [2.05, 4.69) is 66.5 Å². The molecule has 1 aliphatic heterocycles. The van der Waals surface area contributed by atoms with Gasteiger partial charge in [-0.05, 0) is 56.1 Å². The fraction of sp³-hybridized carbons (Fsp3) is 0.364. The number of carbonyl (C=O) groups is 2. The first-order chi connectivity index (χ1) is 13.5. The van der Waals surface area contributed by atoms with Crippen molar-refractivity contribution in [2.75, 3.05) is 20.2 Å². The Balaban J connectivity index is 0.000000409. The van der Waals surface area contributed by atoms with Gasteiger partial charge in [-0.1, -0.05) is 48.9 Å². The number of likely N-dealkylation sites (N-methyl/N-ethyl adjacent to an activating group) is 1. The van der Waals surface area contributed by atoms with Crippen molar-refractivity contribution in [2.45, 2.75) is 31.7 Å². The summed E-state index contributed by atoms with van der Waals surface area (Å²) in [5, 5.41) is 14.8. The average Bonchev–Trinajstić information content (AvgIpc) is 2.70. The van der Waals surface area contributed by atoms with Crippen LogP contribution in [0.15, 0.2) is 54.6 Å². The van der Waals surface area contributed by atoms with Crippen LogP contribution < -0.4 is 4.74 Å². The van der Waals surface area contributed by atoms with E-state index < -0.39 is 11.9 Å². The quantitative estimate of drug-likeness (QED) is 0.768. The van der Waals surface area contributed by atoms with Crippen molar-refractivity contribution in [3.63, 3.8) is 0 Å². The Morgan fingerprint density at radius 2 is 1.57 bits per heavy atom. The molecular weight excluding hydrogens is 358 g/mol. The molecule has 0 bridgehead atoms. The summed E-state index contributed by atoms with van der Waals surface area (Å²) < 4.78 is 5.98. The number of hydrogen-bond donors (Lipinski definition) is 2. The third-order valence-electron chi connectivity index (χ3n) is 4.72. The molecule has 1 heterocycles. The Labute approximate surface area is 165 Å². The number of likely N-dealkylation sites (tertiary alicyclic amines) is 1. The number of rotatable bonds is 5. The highest BCUT2D eigenvalue weighted by Gasteiger charge is 2.19. The molecule has 2 aromatic rings. The van der Waals surface area contributed by atoms with Crippen LogP contribution in [-0.2, 0) is 16.0 Å². The van der Waals surface area contributed by atoms with E-state index in [0.717, 1.165) is 18.8 Å². The lowest BCUT2D eigenvalue weighted by Crippen LogP contribution is -2.40. The molecule has 1 saturated heterocycles. The highest BCUT2D eigenvalue weighted by Crippen LogP contribution is 2.19. The van der Waals surface area contributed by atoms with E-state index in [4.69, 9.17) is 24.5 Å². The summed E-state index contributed by atoms with van der Waals surface area (Å²) in [4.78, 5) is 20.6. The van der Waals surface area contributed by atoms with E-state index in [1.165, 1.54) is 36.9 Å². The number of nitrogens with zero attached hydrogens (tertiary/aromatic N) is 1. The fourth-order valence-electron chi connectivity index (χ4n) is 3.08. The molecule has 1 unspecified atom stereocenters. The van der Waals surface area contributed by atoms with Crippen LogP contribution >= 0.6 is 0 Å². The van der Waals surface area contributed by atoms with Crippen LogP contribution in [-0.4, -0.2) is 53.3 Å². The minimum absolute atomic E-state index is 0.567. The van der Waals surface area contributed by atoms with Gasteiger partial charge in [0.15, 0.2) is 0 Å². The Morgan fingerprint density at radius 3 is 2.14 bits per heavy atom. The van der Waals surface area contributed by atoms with Gasteiger partial charge >= 0.3 is 11.9 Å². The van der Waals surface area contributed by atoms with Gasteiger partial charge in [0.1, 0.15) is 12.4 Å². The molecule has 1 aliphatic rings. The van der Waals surface area contributed by atoms with Gasteiger partial charge in [-0.25, -0.2) is 9.59 Å². The maximum Gasteiger partial charge on any atom is 0.414 e. The zero-order valence-electron chi connectivity index (χ0n) is 16.1. The summed E-state index contributed by atoms with van der Waals surface area (Å²) >= 11 is 0. The van der Waals surface area contributed by atoms with Gasteiger partial charge < -0.3 is 19.8 Å². The van der Waals surface area contributed by atoms with Gasteiger partial charge in [0.25, 0.3) is 0 Å². The summed E-state index contributed by atoms with van der Waals surface area (Å²) in [6, 6.07) is 19.7. The van der Waals surface area contributed by atoms with Crippen LogP contribution in [0.2, 0.25) is 0 Å². The Morgan fingerprint density at radius 1 is 0.964 bits per heavy atom. The molecule has 0 amide bonds. The maximum atomic E-state index is 9.10. The minimum atomic E-state index is -1.82. The van der Waals surface area contributed by atoms with Gasteiger partial charge in [0, 0.05) is 6.04 Å². The monoisotopic (exact) mass is 385 g/mol. The minimum Gasteiger partial charge on any atom is -0.492 e. The number of carboxylic acid groups (broad SMARTS) is 2. The molecule has 3 rings (SSSR count). The molecule has 0 spiro atoms. The van der Waals surface area contributed by atoms with E-state index in [-0.39, 0.29) is 0 Å². The normalized spacial score (nSPS) is 16.5. The third-order valence-corrected chi connectivity index (χ3v) is 4.72. The van der Waals surface area contributed by atoms with Gasteiger partial charge in [0.2, 0.25) is 0 Å². The maximum absolute atomic E-state index is 9.10. The lowest BCUT2D eigenvalue weighted by atomic mass is 10.0. The smallest absolute Gasteiger partial charge is 0.414 e. The Bertz CT molecular complexity index is 733. The predicted molar refractivity (Wildman–Crippen MR) is 107 cm³/mol. The molecule has 28 heavy (non-hydrogen) atoms. The van der Waals surface area contributed by atoms with Gasteiger partial charge in [0.05, 0.1) is 0 Å². The molecule has 6 nitrogen and oxygen atoms in total. The van der Waals surface area contributed by atoms with Crippen LogP contribution in [0.4, 0.5) is 0 Å². The first-order valence-electron chi connectivity index (χ1n) is 9.38. The zero-order chi connectivity index (χ0) is 20.4. The number of hydrogen-bond acceptors (Lipinski definition) is 4. The van der Waals surface area contributed by atoms with E-state index in [1.54, 1.807) is 0 Å². The second kappa shape index (κ2) is 11.1. The average molecular weight is 385 g/mol. The first-order valence-corrected chi connectivity index (χ1v) is 9.38. The van der Waals surface area contributed by atoms with Crippen LogP contribution in [0.5, 0.6) is 5.75 Å². The number of aliphatic carboxylic acids is 2. The summed E-state index contributed by atoms with van der Waals surface area (Å²) in [6.45, 7) is 2.00. The van der Waals surface area contributed by atoms with Gasteiger partial charge in [-0.15, -0.1) is 0 Å². The molecule has 0 aliphatic carbocycles. The molecule has 6 heteroatoms. The Kier molecular flexibility index (Phi) is 8.49. The topological polar surface area (TPSA) is 87.1 Å². The van der Waals surface area contributed by atoms with Gasteiger partial charge in [-0.2, -0.15) is 0 Å². The lowest BCUT2D eigenvalue weighted by Gasteiger charge is -2.32. The molecular formula is C22H27NO5. The summed E-state index contributed by atoms with van der Waals surface area (Å²) in [5.41, 5.74) is 2.67. The summed E-state index contributed by atoms with van der Waals surface area (Å²) in [6.07, 6.45) is 4.88. The van der Waals surface area contributed by atoms with Crippen LogP contribution in [0.3, 0.4) is 0 Å². The van der Waals surface area contributed by atoms with Crippen molar-refractivity contribution < 1.29 is 24.5 Å². The second-order valence-corrected chi connectivity index (χ2v) is 6.86. The molecule has 0 saturated carbocycles. The number of benzene rings is 2. The largest absolute Gasteiger partial charge is 0.492 e. The summed E-state index contributed by atoms with van der Waals surface area (Å²) in [5.74, 6) is -2.67. The standard InChI is InChI=1S/C20H25NO.C2H2O4/c1-21-14-6-5-9-19(21)16-22-20-12-10-18(11-13-20)15-17-7-3-2-4-8-17;3-1(4)2(5)6/h2-4,7-8,10-13,19H,5-6,9,14-16H2,1H3;(H,3,4)(H,5,6). The van der Waals surface area contributed by atoms with Crippen molar-refractivity contribution in [3.05, 3.63) is 65.7 Å². The van der Waals surface area contributed by atoms with E-state index >= 15 is 0 Å². The van der Waals surface area contributed by atoms with Gasteiger partial charge in [-0.3, -0.25) is 0 Å². The number of ether oxygens (including phenoxy) is 1. The SMILES string of the molecule is CN1CCCCC1COc1ccc(Cc2ccccc2)cc1.O=C(O)C(=O)O. The van der Waals surface area contributed by atoms with Crippen molar-refractivity contribution >= 4 is 11.9 Å².